The van der Waals surface area contributed by atoms with Crippen LogP contribution in [0.25, 0.3) is 0 Å². The van der Waals surface area contributed by atoms with E-state index in [1.807, 2.05) is 27.7 Å². The van der Waals surface area contributed by atoms with Crippen LogP contribution in [0.15, 0.2) is 0 Å². The van der Waals surface area contributed by atoms with E-state index in [0.717, 1.165) is 13.0 Å². The Bertz CT molecular complexity index is 123. The highest BCUT2D eigenvalue weighted by Gasteiger charge is 2.23. The summed E-state index contributed by atoms with van der Waals surface area (Å²) in [6.45, 7) is 12.8. The van der Waals surface area contributed by atoms with Crippen LogP contribution in [0.2, 0.25) is 0 Å². The lowest BCUT2D eigenvalue weighted by Crippen LogP contribution is -2.28. The molecule has 1 N–H and O–H groups in total. The number of carbonyl (C=O) groups excluding carboxylic acids is 1. The van der Waals surface area contributed by atoms with E-state index in [1.54, 1.807) is 6.92 Å². The first-order valence-electron chi connectivity index (χ1n) is 5.44. The number of hydrogen-bond acceptors (Lipinski definition) is 2. The average molecular weight is 187 g/mol. The molecule has 1 fully saturated rings. The Morgan fingerprint density at radius 3 is 1.85 bits per heavy atom. The van der Waals surface area contributed by atoms with Crippen molar-refractivity contribution >= 4 is 5.78 Å². The minimum absolute atomic E-state index is 0.153. The summed E-state index contributed by atoms with van der Waals surface area (Å²) in [4.78, 5) is 10.7. The number of ketones is 1. The molecule has 0 spiro atoms. The summed E-state index contributed by atoms with van der Waals surface area (Å²) < 4.78 is 0. The minimum Gasteiger partial charge on any atom is -0.307 e. The molecule has 13 heavy (non-hydrogen) atoms. The first kappa shape index (κ1) is 15.1. The molecular formula is C11H25NO. The molecule has 1 heterocycles. The van der Waals surface area contributed by atoms with Crippen molar-refractivity contribution in [3.63, 3.8) is 0 Å². The van der Waals surface area contributed by atoms with Gasteiger partial charge in [-0.25, -0.2) is 0 Å². The molecule has 1 saturated heterocycles. The zero-order valence-corrected chi connectivity index (χ0v) is 9.98. The molecule has 0 aromatic carbocycles. The fourth-order valence-corrected chi connectivity index (χ4v) is 1.22. The van der Waals surface area contributed by atoms with Gasteiger partial charge in [0.25, 0.3) is 0 Å². The molecule has 80 valence electrons. The molecule has 0 aromatic heterocycles. The molecule has 0 aromatic rings. The summed E-state index contributed by atoms with van der Waals surface area (Å²) in [6, 6.07) is 0.153. The van der Waals surface area contributed by atoms with E-state index >= 15 is 0 Å². The molecule has 0 radical (unpaired) electrons. The van der Waals surface area contributed by atoms with E-state index < -0.39 is 0 Å². The van der Waals surface area contributed by atoms with E-state index in [2.05, 4.69) is 12.2 Å². The lowest BCUT2D eigenvalue weighted by atomic mass is 10.1. The van der Waals surface area contributed by atoms with Crippen LogP contribution in [0.3, 0.4) is 0 Å². The number of nitrogens with one attached hydrogen (secondary N) is 1. The molecule has 1 aliphatic rings. The van der Waals surface area contributed by atoms with E-state index in [-0.39, 0.29) is 11.8 Å². The number of rotatable bonds is 1. The fraction of sp³-hybridized carbons (Fsp3) is 0.909. The maximum absolute atomic E-state index is 10.7. The van der Waals surface area contributed by atoms with Gasteiger partial charge < -0.3 is 5.32 Å². The van der Waals surface area contributed by atoms with Crippen molar-refractivity contribution in [2.75, 3.05) is 6.54 Å². The van der Waals surface area contributed by atoms with Crippen LogP contribution in [0, 0.1) is 5.92 Å². The van der Waals surface area contributed by atoms with Crippen molar-refractivity contribution in [1.29, 1.82) is 0 Å². The number of Topliss-reactive ketones (excluding diaryl/α,β-unsaturated/α-hetero) is 1. The largest absolute Gasteiger partial charge is 0.307 e. The van der Waals surface area contributed by atoms with Crippen LogP contribution in [-0.2, 0) is 4.79 Å². The Kier molecular flexibility index (Phi) is 11.3. The zero-order valence-electron chi connectivity index (χ0n) is 9.98. The van der Waals surface area contributed by atoms with Crippen LogP contribution in [0.4, 0.5) is 0 Å². The van der Waals surface area contributed by atoms with Gasteiger partial charge in [0, 0.05) is 0 Å². The molecule has 2 atom stereocenters. The molecule has 2 unspecified atom stereocenters. The third-order valence-corrected chi connectivity index (χ3v) is 1.84. The van der Waals surface area contributed by atoms with Crippen molar-refractivity contribution in [1.82, 2.24) is 5.32 Å². The zero-order chi connectivity index (χ0) is 10.9. The topological polar surface area (TPSA) is 29.1 Å². The predicted octanol–water partition coefficient (Wildman–Crippen LogP) is 2.63. The Balaban J connectivity index is 0. The van der Waals surface area contributed by atoms with Gasteiger partial charge in [0.2, 0.25) is 0 Å². The molecule has 1 aliphatic heterocycles. The molecule has 2 nitrogen and oxygen atoms in total. The van der Waals surface area contributed by atoms with Crippen molar-refractivity contribution in [3.05, 3.63) is 0 Å². The van der Waals surface area contributed by atoms with E-state index in [0.29, 0.717) is 5.92 Å². The van der Waals surface area contributed by atoms with Crippen molar-refractivity contribution < 1.29 is 4.79 Å². The molecule has 0 amide bonds. The second kappa shape index (κ2) is 9.72. The maximum atomic E-state index is 10.7. The van der Waals surface area contributed by atoms with Crippen LogP contribution in [-0.4, -0.2) is 18.4 Å². The first-order valence-corrected chi connectivity index (χ1v) is 5.44. The van der Waals surface area contributed by atoms with Crippen LogP contribution in [0.5, 0.6) is 0 Å². The van der Waals surface area contributed by atoms with E-state index in [9.17, 15) is 4.79 Å². The second-order valence-electron chi connectivity index (χ2n) is 2.91. The normalized spacial score (nSPS) is 25.1. The third-order valence-electron chi connectivity index (χ3n) is 1.84. The highest BCUT2D eigenvalue weighted by Crippen LogP contribution is 2.12. The molecule has 0 aliphatic carbocycles. The Morgan fingerprint density at radius 2 is 1.69 bits per heavy atom. The fourth-order valence-electron chi connectivity index (χ4n) is 1.22. The third kappa shape index (κ3) is 6.76. The van der Waals surface area contributed by atoms with Crippen molar-refractivity contribution in [2.45, 2.75) is 54.0 Å². The minimum atomic E-state index is 0.153. The Labute approximate surface area is 83.1 Å². The first-order chi connectivity index (χ1) is 6.20. The van der Waals surface area contributed by atoms with Gasteiger partial charge in [0.15, 0.2) is 0 Å². The van der Waals surface area contributed by atoms with Gasteiger partial charge in [-0.15, -0.1) is 0 Å². The van der Waals surface area contributed by atoms with E-state index in [4.69, 9.17) is 0 Å². The monoisotopic (exact) mass is 187 g/mol. The SMILES string of the molecule is CC.CC.CC(=O)C1CC(C)CN1. The molecule has 1 rings (SSSR count). The standard InChI is InChI=1S/C7H13NO.2C2H6/c1-5-3-7(6(2)9)8-4-5;2*1-2/h5,7-8H,3-4H2,1-2H3;2*1-2H3. The summed E-state index contributed by atoms with van der Waals surface area (Å²) >= 11 is 0. The number of hydrogen-bond donors (Lipinski definition) is 1. The lowest BCUT2D eigenvalue weighted by molar-refractivity contribution is -0.118. The van der Waals surface area contributed by atoms with Gasteiger partial charge in [-0.3, -0.25) is 4.79 Å². The average Bonchev–Trinajstić information content (AvgIpc) is 2.59. The van der Waals surface area contributed by atoms with Gasteiger partial charge in [0.1, 0.15) is 5.78 Å². The van der Waals surface area contributed by atoms with E-state index in [1.165, 1.54) is 0 Å². The van der Waals surface area contributed by atoms with Crippen LogP contribution < -0.4 is 5.32 Å². The predicted molar refractivity (Wildman–Crippen MR) is 58.9 cm³/mol. The highest BCUT2D eigenvalue weighted by atomic mass is 16.1. The molecule has 0 bridgehead atoms. The van der Waals surface area contributed by atoms with Gasteiger partial charge >= 0.3 is 0 Å². The van der Waals surface area contributed by atoms with Crippen LogP contribution in [0.1, 0.15) is 48.0 Å². The van der Waals surface area contributed by atoms with Gasteiger partial charge in [0.05, 0.1) is 6.04 Å². The van der Waals surface area contributed by atoms with Gasteiger partial charge in [-0.2, -0.15) is 0 Å². The smallest absolute Gasteiger partial charge is 0.146 e. The molecule has 2 heteroatoms. The van der Waals surface area contributed by atoms with Gasteiger partial charge in [-0.1, -0.05) is 34.6 Å². The van der Waals surface area contributed by atoms with Gasteiger partial charge in [-0.05, 0) is 25.8 Å². The van der Waals surface area contributed by atoms with Crippen molar-refractivity contribution in [2.24, 2.45) is 5.92 Å². The summed E-state index contributed by atoms with van der Waals surface area (Å²) in [5.41, 5.74) is 0. The van der Waals surface area contributed by atoms with Crippen molar-refractivity contribution in [3.8, 4) is 0 Å². The molecule has 0 saturated carbocycles. The molecular weight excluding hydrogens is 162 g/mol. The Morgan fingerprint density at radius 1 is 1.23 bits per heavy atom. The lowest BCUT2D eigenvalue weighted by Gasteiger charge is -2.02. The maximum Gasteiger partial charge on any atom is 0.146 e. The highest BCUT2D eigenvalue weighted by molar-refractivity contribution is 5.81. The quantitative estimate of drug-likeness (QED) is 0.683. The Hall–Kier alpha value is -0.370. The summed E-state index contributed by atoms with van der Waals surface area (Å²) in [5.74, 6) is 0.957. The van der Waals surface area contributed by atoms with Crippen LogP contribution >= 0.6 is 0 Å². The second-order valence-corrected chi connectivity index (χ2v) is 2.91. The summed E-state index contributed by atoms with van der Waals surface area (Å²) in [6.07, 6.45) is 1.02. The summed E-state index contributed by atoms with van der Waals surface area (Å²) in [7, 11) is 0. The number of carbonyl (C=O) groups is 1. The summed E-state index contributed by atoms with van der Waals surface area (Å²) in [5, 5.41) is 3.16.